The summed E-state index contributed by atoms with van der Waals surface area (Å²) in [7, 11) is 0. The van der Waals surface area contributed by atoms with E-state index >= 15 is 0 Å². The molecule has 1 saturated heterocycles. The van der Waals surface area contributed by atoms with Gasteiger partial charge in [-0.25, -0.2) is 9.59 Å². The van der Waals surface area contributed by atoms with Crippen LogP contribution in [0.2, 0.25) is 0 Å². The molecule has 2 fully saturated rings. The molecule has 1 saturated carbocycles. The number of nitrogens with one attached hydrogen (secondary N) is 3. The standard InChI is InChI=1S/C30H40N8O5/c1-29(2,3)33-28(43)31-22-15-11-6-4-5-10-14-20-17-30(20,27(41)42)32-25(39)23-16-21(18-37(23)26(22)40)38-35-24(34-36-38)19-12-8-7-9-13-19/h7-10,12-14,20-23H,4-6,11,15-18H2,1-3H3,(H,32,39)(H,41,42)(H2,31,33,43)/b14-10-/t20-,21-,22+,23+,30-/m1/s1. The van der Waals surface area contributed by atoms with Crippen LogP contribution in [0.1, 0.15) is 71.8 Å². The molecule has 1 aromatic carbocycles. The third-order valence-electron chi connectivity index (χ3n) is 8.22. The van der Waals surface area contributed by atoms with Crippen molar-refractivity contribution in [3.05, 3.63) is 42.5 Å². The number of carbonyl (C=O) groups excluding carboxylic acids is 3. The number of tetrazole rings is 1. The van der Waals surface area contributed by atoms with E-state index in [4.69, 9.17) is 0 Å². The maximum Gasteiger partial charge on any atom is 0.330 e. The van der Waals surface area contributed by atoms with Crippen LogP contribution >= 0.6 is 0 Å². The number of fused-ring (bicyclic) bond motifs is 2. The molecular weight excluding hydrogens is 552 g/mol. The number of aromatic nitrogens is 4. The molecule has 1 aromatic heterocycles. The summed E-state index contributed by atoms with van der Waals surface area (Å²) in [5.41, 5.74) is -1.14. The Labute approximate surface area is 250 Å². The second-order valence-corrected chi connectivity index (χ2v) is 12.7. The Kier molecular flexibility index (Phi) is 8.52. The highest BCUT2D eigenvalue weighted by atomic mass is 16.4. The van der Waals surface area contributed by atoms with Gasteiger partial charge in [0.1, 0.15) is 17.6 Å². The van der Waals surface area contributed by atoms with Crippen molar-refractivity contribution in [3.63, 3.8) is 0 Å². The number of carboxylic acids is 1. The van der Waals surface area contributed by atoms with Gasteiger partial charge in [0.15, 0.2) is 0 Å². The van der Waals surface area contributed by atoms with E-state index in [1.807, 2.05) is 63.3 Å². The van der Waals surface area contributed by atoms with Gasteiger partial charge in [0.05, 0.1) is 6.04 Å². The fourth-order valence-corrected chi connectivity index (χ4v) is 5.86. The van der Waals surface area contributed by atoms with Crippen LogP contribution in [-0.2, 0) is 14.4 Å². The number of hydrogen-bond acceptors (Lipinski definition) is 7. The van der Waals surface area contributed by atoms with Crippen molar-refractivity contribution < 1.29 is 24.3 Å². The molecule has 1 aliphatic carbocycles. The number of carbonyl (C=O) groups is 4. The number of allylic oxidation sites excluding steroid dienone is 1. The minimum Gasteiger partial charge on any atom is -0.479 e. The van der Waals surface area contributed by atoms with Crippen LogP contribution in [-0.4, -0.2) is 83.7 Å². The van der Waals surface area contributed by atoms with E-state index in [1.165, 1.54) is 9.70 Å². The number of nitrogens with zero attached hydrogens (tertiary/aromatic N) is 5. The van der Waals surface area contributed by atoms with Crippen LogP contribution in [0.3, 0.4) is 0 Å². The topological polar surface area (TPSA) is 171 Å². The normalized spacial score (nSPS) is 28.9. The highest BCUT2D eigenvalue weighted by Gasteiger charge is 2.61. The summed E-state index contributed by atoms with van der Waals surface area (Å²) < 4.78 is 0. The third kappa shape index (κ3) is 6.86. The van der Waals surface area contributed by atoms with Crippen LogP contribution in [0.5, 0.6) is 0 Å². The van der Waals surface area contributed by atoms with E-state index in [-0.39, 0.29) is 25.3 Å². The molecule has 0 spiro atoms. The molecule has 13 heteroatoms. The molecule has 13 nitrogen and oxygen atoms in total. The fourth-order valence-electron chi connectivity index (χ4n) is 5.86. The summed E-state index contributed by atoms with van der Waals surface area (Å²) in [4.78, 5) is 55.9. The summed E-state index contributed by atoms with van der Waals surface area (Å²) in [6, 6.07) is 6.54. The average Bonchev–Trinajstić information content (AvgIpc) is 3.28. The van der Waals surface area contributed by atoms with Crippen LogP contribution in [0, 0.1) is 5.92 Å². The summed E-state index contributed by atoms with van der Waals surface area (Å²) in [5, 5.41) is 31.4. The lowest BCUT2D eigenvalue weighted by atomic mass is 10.0. The number of hydrogen-bond donors (Lipinski definition) is 4. The van der Waals surface area contributed by atoms with Gasteiger partial charge in [0.25, 0.3) is 0 Å². The van der Waals surface area contributed by atoms with Gasteiger partial charge in [-0.3, -0.25) is 9.59 Å². The average molecular weight is 593 g/mol. The first-order valence-corrected chi connectivity index (χ1v) is 14.9. The van der Waals surface area contributed by atoms with Crippen molar-refractivity contribution in [2.75, 3.05) is 6.54 Å². The quantitative estimate of drug-likeness (QED) is 0.392. The number of urea groups is 1. The zero-order valence-corrected chi connectivity index (χ0v) is 24.8. The predicted molar refractivity (Wildman–Crippen MR) is 156 cm³/mol. The van der Waals surface area contributed by atoms with E-state index in [1.54, 1.807) is 0 Å². The second-order valence-electron chi connectivity index (χ2n) is 12.7. The molecule has 3 heterocycles. The Bertz CT molecular complexity index is 1390. The van der Waals surface area contributed by atoms with Gasteiger partial charge in [0, 0.05) is 30.0 Å². The molecule has 0 radical (unpaired) electrons. The summed E-state index contributed by atoms with van der Waals surface area (Å²) >= 11 is 0. The summed E-state index contributed by atoms with van der Waals surface area (Å²) in [5.74, 6) is -1.96. The fraction of sp³-hybridized carbons (Fsp3) is 0.567. The lowest BCUT2D eigenvalue weighted by Crippen LogP contribution is -2.58. The smallest absolute Gasteiger partial charge is 0.330 e. The van der Waals surface area contributed by atoms with Gasteiger partial charge in [0.2, 0.25) is 17.6 Å². The number of rotatable bonds is 4. The van der Waals surface area contributed by atoms with Crippen molar-refractivity contribution in [1.29, 1.82) is 0 Å². The Hall–Kier alpha value is -4.29. The molecule has 5 rings (SSSR count). The molecule has 230 valence electrons. The Morgan fingerprint density at radius 1 is 1.12 bits per heavy atom. The Morgan fingerprint density at radius 3 is 2.60 bits per heavy atom. The molecule has 2 aromatic rings. The van der Waals surface area contributed by atoms with E-state index in [0.717, 1.165) is 24.8 Å². The molecule has 0 bridgehead atoms. The van der Waals surface area contributed by atoms with Crippen LogP contribution in [0.25, 0.3) is 11.4 Å². The van der Waals surface area contributed by atoms with Crippen molar-refractivity contribution in [2.45, 2.75) is 94.9 Å². The molecule has 43 heavy (non-hydrogen) atoms. The molecule has 5 atom stereocenters. The van der Waals surface area contributed by atoms with E-state index < -0.39 is 53.0 Å². The number of amides is 4. The van der Waals surface area contributed by atoms with Crippen molar-refractivity contribution in [1.82, 2.24) is 41.1 Å². The Morgan fingerprint density at radius 2 is 1.88 bits per heavy atom. The van der Waals surface area contributed by atoms with E-state index in [9.17, 15) is 24.3 Å². The zero-order chi connectivity index (χ0) is 30.8. The van der Waals surface area contributed by atoms with Crippen molar-refractivity contribution >= 4 is 23.8 Å². The summed E-state index contributed by atoms with van der Waals surface area (Å²) in [6.45, 7) is 5.65. The first-order valence-electron chi connectivity index (χ1n) is 14.9. The number of benzene rings is 1. The minimum atomic E-state index is -1.41. The van der Waals surface area contributed by atoms with Crippen LogP contribution in [0.15, 0.2) is 42.5 Å². The molecule has 4 N–H and O–H groups in total. The lowest BCUT2D eigenvalue weighted by Gasteiger charge is -2.30. The highest BCUT2D eigenvalue weighted by molar-refractivity contribution is 5.96. The van der Waals surface area contributed by atoms with Crippen molar-refractivity contribution in [2.24, 2.45) is 5.92 Å². The highest BCUT2D eigenvalue weighted by Crippen LogP contribution is 2.45. The van der Waals surface area contributed by atoms with Gasteiger partial charge in [-0.1, -0.05) is 55.3 Å². The zero-order valence-electron chi connectivity index (χ0n) is 24.8. The SMILES string of the molecule is CC(C)(C)NC(=O)N[C@H]1CCCCC/C=C\[C@@H]2C[C@@]2(C(=O)O)NC(=O)[C@@H]2C[C@@H](n3nnc(-c4ccccc4)n3)CN2C1=O. The summed E-state index contributed by atoms with van der Waals surface area (Å²) in [6.07, 6.45) is 7.86. The minimum absolute atomic E-state index is 0.101. The maximum atomic E-state index is 14.1. The number of aliphatic carboxylic acids is 1. The Balaban J connectivity index is 1.44. The van der Waals surface area contributed by atoms with Gasteiger partial charge in [-0.15, -0.1) is 10.2 Å². The second kappa shape index (κ2) is 12.1. The lowest BCUT2D eigenvalue weighted by molar-refractivity contribution is -0.145. The molecule has 0 unspecified atom stereocenters. The van der Waals surface area contributed by atoms with E-state index in [0.29, 0.717) is 18.7 Å². The van der Waals surface area contributed by atoms with Gasteiger partial charge in [-0.2, -0.15) is 4.80 Å². The molecular formula is C30H40N8O5. The van der Waals surface area contributed by atoms with Crippen LogP contribution < -0.4 is 16.0 Å². The molecule has 4 amide bonds. The predicted octanol–water partition coefficient (Wildman–Crippen LogP) is 2.43. The number of carboxylic acid groups (broad SMARTS) is 1. The molecule has 3 aliphatic rings. The first kappa shape index (κ1) is 30.2. The van der Waals surface area contributed by atoms with Gasteiger partial charge < -0.3 is 26.0 Å². The maximum absolute atomic E-state index is 14.1. The van der Waals surface area contributed by atoms with E-state index in [2.05, 4.69) is 31.4 Å². The van der Waals surface area contributed by atoms with Gasteiger partial charge >= 0.3 is 12.0 Å². The largest absolute Gasteiger partial charge is 0.479 e. The third-order valence-corrected chi connectivity index (χ3v) is 8.22. The monoisotopic (exact) mass is 592 g/mol. The first-order chi connectivity index (χ1) is 20.5. The van der Waals surface area contributed by atoms with Crippen molar-refractivity contribution in [3.8, 4) is 11.4 Å². The molecule has 2 aliphatic heterocycles. The van der Waals surface area contributed by atoms with Crippen LogP contribution in [0.4, 0.5) is 4.79 Å². The van der Waals surface area contributed by atoms with Gasteiger partial charge in [-0.05, 0) is 51.7 Å².